The van der Waals surface area contributed by atoms with Gasteiger partial charge in [0.2, 0.25) is 0 Å². The monoisotopic (exact) mass is 346 g/mol. The Balaban J connectivity index is 1.76. The molecule has 0 N–H and O–H groups in total. The van der Waals surface area contributed by atoms with Crippen molar-refractivity contribution in [3.63, 3.8) is 0 Å². The molecule has 0 aromatic heterocycles. The van der Waals surface area contributed by atoms with Crippen molar-refractivity contribution < 1.29 is 14.2 Å². The molecule has 1 aliphatic rings. The molecule has 0 aliphatic carbocycles. The Morgan fingerprint density at radius 2 is 1.46 bits per heavy atom. The first-order valence-corrected chi connectivity index (χ1v) is 8.82. The summed E-state index contributed by atoms with van der Waals surface area (Å²) < 4.78 is 17.1. The molecule has 1 aliphatic heterocycles. The Morgan fingerprint density at radius 1 is 0.769 bits per heavy atom. The Bertz CT molecular complexity index is 872. The second-order valence-electron chi connectivity index (χ2n) is 6.48. The quantitative estimate of drug-likeness (QED) is 0.636. The van der Waals surface area contributed by atoms with Gasteiger partial charge in [0.05, 0.1) is 14.2 Å². The Labute approximate surface area is 154 Å². The highest BCUT2D eigenvalue weighted by Gasteiger charge is 2.30. The fraction of sp³-hybridized carbons (Fsp3) is 0.217. The molecule has 132 valence electrons. The largest absolute Gasteiger partial charge is 0.497 e. The van der Waals surface area contributed by atoms with Gasteiger partial charge in [0.15, 0.2) is 0 Å². The van der Waals surface area contributed by atoms with Crippen LogP contribution >= 0.6 is 0 Å². The molecule has 0 radical (unpaired) electrons. The number of fused-ring (bicyclic) bond motifs is 1. The fourth-order valence-corrected chi connectivity index (χ4v) is 3.60. The lowest BCUT2D eigenvalue weighted by atomic mass is 9.82. The van der Waals surface area contributed by atoms with Gasteiger partial charge in [-0.05, 0) is 35.7 Å². The van der Waals surface area contributed by atoms with Crippen molar-refractivity contribution in [1.29, 1.82) is 0 Å². The summed E-state index contributed by atoms with van der Waals surface area (Å²) in [5, 5.41) is 0. The van der Waals surface area contributed by atoms with E-state index in [4.69, 9.17) is 14.2 Å². The van der Waals surface area contributed by atoms with Gasteiger partial charge in [0.1, 0.15) is 23.4 Å². The highest BCUT2D eigenvalue weighted by molar-refractivity contribution is 5.49. The van der Waals surface area contributed by atoms with Gasteiger partial charge in [-0.25, -0.2) is 0 Å². The fourth-order valence-electron chi connectivity index (χ4n) is 3.60. The molecule has 0 amide bonds. The van der Waals surface area contributed by atoms with Crippen LogP contribution < -0.4 is 14.2 Å². The first kappa shape index (κ1) is 16.5. The van der Waals surface area contributed by atoms with Crippen LogP contribution in [0.25, 0.3) is 0 Å². The molecule has 0 fully saturated rings. The molecule has 3 aromatic carbocycles. The summed E-state index contributed by atoms with van der Waals surface area (Å²) in [7, 11) is 3.37. The van der Waals surface area contributed by atoms with E-state index in [-0.39, 0.29) is 12.0 Å². The van der Waals surface area contributed by atoms with Crippen LogP contribution in [0.3, 0.4) is 0 Å². The molecule has 0 saturated carbocycles. The van der Waals surface area contributed by atoms with Gasteiger partial charge < -0.3 is 14.2 Å². The zero-order chi connectivity index (χ0) is 17.9. The Hall–Kier alpha value is -2.94. The first-order valence-electron chi connectivity index (χ1n) is 8.82. The molecule has 0 saturated heterocycles. The Kier molecular flexibility index (Phi) is 4.53. The highest BCUT2D eigenvalue weighted by atomic mass is 16.5. The van der Waals surface area contributed by atoms with Crippen molar-refractivity contribution in [2.75, 3.05) is 14.2 Å². The van der Waals surface area contributed by atoms with E-state index in [1.165, 1.54) is 16.7 Å². The molecule has 3 aromatic rings. The van der Waals surface area contributed by atoms with Crippen LogP contribution in [0.2, 0.25) is 0 Å². The number of methoxy groups -OCH3 is 2. The molecule has 0 bridgehead atoms. The summed E-state index contributed by atoms with van der Waals surface area (Å²) in [4.78, 5) is 0. The van der Waals surface area contributed by atoms with E-state index in [1.54, 1.807) is 14.2 Å². The summed E-state index contributed by atoms with van der Waals surface area (Å²) >= 11 is 0. The molecule has 2 atom stereocenters. The molecule has 0 unspecified atom stereocenters. The highest BCUT2D eigenvalue weighted by Crippen LogP contribution is 2.46. The van der Waals surface area contributed by atoms with E-state index in [1.807, 2.05) is 30.3 Å². The number of hydrogen-bond acceptors (Lipinski definition) is 3. The third-order valence-corrected chi connectivity index (χ3v) is 5.00. The summed E-state index contributed by atoms with van der Waals surface area (Å²) in [5.74, 6) is 2.84. The van der Waals surface area contributed by atoms with Crippen LogP contribution in [-0.4, -0.2) is 14.2 Å². The molecule has 4 rings (SSSR count). The van der Waals surface area contributed by atoms with Gasteiger partial charge in [0.25, 0.3) is 0 Å². The lowest BCUT2D eigenvalue weighted by Crippen LogP contribution is -2.20. The number of rotatable bonds is 4. The van der Waals surface area contributed by atoms with Crippen LogP contribution in [0.15, 0.2) is 72.8 Å². The minimum atomic E-state index is 0.0166. The van der Waals surface area contributed by atoms with Crippen molar-refractivity contribution in [3.05, 3.63) is 89.5 Å². The molecule has 26 heavy (non-hydrogen) atoms. The minimum absolute atomic E-state index is 0.0166. The van der Waals surface area contributed by atoms with Gasteiger partial charge in [-0.1, -0.05) is 48.5 Å². The maximum Gasteiger partial charge on any atom is 0.127 e. The molecular formula is C23H22O3. The lowest BCUT2D eigenvalue weighted by molar-refractivity contribution is 0.167. The van der Waals surface area contributed by atoms with Gasteiger partial charge in [0, 0.05) is 17.5 Å². The van der Waals surface area contributed by atoms with Crippen molar-refractivity contribution in [1.82, 2.24) is 0 Å². The van der Waals surface area contributed by atoms with E-state index in [0.29, 0.717) is 0 Å². The number of ether oxygens (including phenoxy) is 3. The molecular weight excluding hydrogens is 324 g/mol. The first-order chi connectivity index (χ1) is 12.8. The average molecular weight is 346 g/mol. The second-order valence-corrected chi connectivity index (χ2v) is 6.48. The van der Waals surface area contributed by atoms with Gasteiger partial charge >= 0.3 is 0 Å². The van der Waals surface area contributed by atoms with E-state index in [0.717, 1.165) is 23.7 Å². The van der Waals surface area contributed by atoms with E-state index in [9.17, 15) is 0 Å². The molecule has 0 spiro atoms. The van der Waals surface area contributed by atoms with E-state index >= 15 is 0 Å². The van der Waals surface area contributed by atoms with Crippen LogP contribution in [-0.2, 0) is 0 Å². The third-order valence-electron chi connectivity index (χ3n) is 5.00. The maximum absolute atomic E-state index is 6.35. The van der Waals surface area contributed by atoms with Crippen LogP contribution in [0.5, 0.6) is 17.2 Å². The topological polar surface area (TPSA) is 27.7 Å². The third kappa shape index (κ3) is 3.13. The number of hydrogen-bond donors (Lipinski definition) is 0. The summed E-state index contributed by atoms with van der Waals surface area (Å²) in [6.07, 6.45) is 0.915. The zero-order valence-electron chi connectivity index (χ0n) is 15.0. The number of benzene rings is 3. The Morgan fingerprint density at radius 3 is 2.15 bits per heavy atom. The van der Waals surface area contributed by atoms with Crippen molar-refractivity contribution in [3.8, 4) is 17.2 Å². The van der Waals surface area contributed by atoms with E-state index < -0.39 is 0 Å². The summed E-state index contributed by atoms with van der Waals surface area (Å²) in [6.45, 7) is 0. The van der Waals surface area contributed by atoms with Crippen LogP contribution in [0.1, 0.15) is 35.1 Å². The zero-order valence-corrected chi connectivity index (χ0v) is 15.0. The molecule has 1 heterocycles. The van der Waals surface area contributed by atoms with Gasteiger partial charge in [-0.2, -0.15) is 0 Å². The lowest BCUT2D eigenvalue weighted by Gasteiger charge is -2.33. The van der Waals surface area contributed by atoms with Crippen LogP contribution in [0, 0.1) is 0 Å². The maximum atomic E-state index is 6.35. The molecule has 3 nitrogen and oxygen atoms in total. The minimum Gasteiger partial charge on any atom is -0.497 e. The smallest absolute Gasteiger partial charge is 0.127 e. The van der Waals surface area contributed by atoms with Crippen LogP contribution in [0.4, 0.5) is 0 Å². The van der Waals surface area contributed by atoms with E-state index in [2.05, 4.69) is 42.5 Å². The van der Waals surface area contributed by atoms with Gasteiger partial charge in [-0.3, -0.25) is 0 Å². The predicted octanol–water partition coefficient (Wildman–Crippen LogP) is 5.36. The summed E-state index contributed by atoms with van der Waals surface area (Å²) in [5.41, 5.74) is 3.66. The summed E-state index contributed by atoms with van der Waals surface area (Å²) in [6, 6.07) is 24.8. The molecule has 3 heteroatoms. The van der Waals surface area contributed by atoms with Crippen molar-refractivity contribution in [2.24, 2.45) is 0 Å². The average Bonchev–Trinajstić information content (AvgIpc) is 2.73. The van der Waals surface area contributed by atoms with Gasteiger partial charge in [-0.15, -0.1) is 0 Å². The van der Waals surface area contributed by atoms with Crippen molar-refractivity contribution >= 4 is 0 Å². The SMILES string of the molecule is COc1ccc([C@@H]2C[C@@H](c3ccccc3)Oc3cc(OC)ccc32)cc1. The standard InChI is InChI=1S/C23H22O3/c1-24-18-10-8-16(9-11-18)21-15-22(17-6-4-3-5-7-17)26-23-14-19(25-2)12-13-20(21)23/h3-14,21-22H,15H2,1-2H3/t21-,22-/m0/s1. The van der Waals surface area contributed by atoms with Crippen molar-refractivity contribution in [2.45, 2.75) is 18.4 Å². The second kappa shape index (κ2) is 7.12. The normalized spacial score (nSPS) is 18.5. The predicted molar refractivity (Wildman–Crippen MR) is 102 cm³/mol.